The number of esters is 1. The van der Waals surface area contributed by atoms with Gasteiger partial charge in [-0.2, -0.15) is 0 Å². The van der Waals surface area contributed by atoms with Crippen molar-refractivity contribution in [1.29, 1.82) is 0 Å². The lowest BCUT2D eigenvalue weighted by Gasteiger charge is -2.04. The van der Waals surface area contributed by atoms with E-state index in [9.17, 15) is 9.59 Å². The Morgan fingerprint density at radius 3 is 2.56 bits per heavy atom. The third kappa shape index (κ3) is 5.68. The van der Waals surface area contributed by atoms with Crippen LogP contribution in [0.1, 0.15) is 36.0 Å². The summed E-state index contributed by atoms with van der Waals surface area (Å²) < 4.78 is 4.97. The predicted octanol–water partition coefficient (Wildman–Crippen LogP) is 2.97. The lowest BCUT2D eigenvalue weighted by Crippen LogP contribution is -2.09. The van der Waals surface area contributed by atoms with Crippen LogP contribution in [0.4, 0.5) is 0 Å². The molecule has 0 aliphatic carbocycles. The molecule has 0 spiro atoms. The number of ketones is 1. The van der Waals surface area contributed by atoms with Gasteiger partial charge in [0.25, 0.3) is 0 Å². The molecule has 0 unspecified atom stereocenters. The van der Waals surface area contributed by atoms with Crippen LogP contribution in [0.15, 0.2) is 30.3 Å². The molecule has 0 amide bonds. The minimum Gasteiger partial charge on any atom is -0.465 e. The first-order valence-electron chi connectivity index (χ1n) is 5.91. The van der Waals surface area contributed by atoms with Gasteiger partial charge in [-0.3, -0.25) is 9.59 Å². The molecule has 96 valence electrons. The van der Waals surface area contributed by atoms with Gasteiger partial charge in [0, 0.05) is 18.4 Å². The Bertz CT molecular complexity index is 401. The molecule has 0 saturated carbocycles. The molecule has 0 bridgehead atoms. The van der Waals surface area contributed by atoms with Crippen molar-refractivity contribution in [2.45, 2.75) is 25.7 Å². The summed E-state index contributed by atoms with van der Waals surface area (Å²) in [5.41, 5.74) is 0.647. The number of Topliss-reactive ketones (excluding diaryl/α,β-unsaturated/α-hetero) is 1. The summed E-state index contributed by atoms with van der Waals surface area (Å²) in [6.45, 7) is 0.143. The summed E-state index contributed by atoms with van der Waals surface area (Å²) in [4.78, 5) is 22.9. The van der Waals surface area contributed by atoms with Crippen LogP contribution >= 0.6 is 12.2 Å². The zero-order chi connectivity index (χ0) is 13.2. The number of carbonyl (C=O) groups is 2. The van der Waals surface area contributed by atoms with Crippen molar-refractivity contribution in [2.24, 2.45) is 0 Å². The molecule has 0 saturated heterocycles. The molecule has 0 fully saturated rings. The molecular weight excluding hydrogens is 248 g/mol. The van der Waals surface area contributed by atoms with Crippen LogP contribution < -0.4 is 0 Å². The van der Waals surface area contributed by atoms with E-state index in [1.165, 1.54) is 0 Å². The van der Waals surface area contributed by atoms with Gasteiger partial charge in [0.2, 0.25) is 0 Å². The molecule has 1 rings (SSSR count). The zero-order valence-corrected chi connectivity index (χ0v) is 10.9. The molecule has 0 aliphatic heterocycles. The van der Waals surface area contributed by atoms with Crippen molar-refractivity contribution in [3.63, 3.8) is 0 Å². The molecule has 0 aliphatic rings. The van der Waals surface area contributed by atoms with Crippen LogP contribution in [-0.2, 0) is 9.53 Å². The highest BCUT2D eigenvalue weighted by molar-refractivity contribution is 7.78. The fourth-order valence-electron chi connectivity index (χ4n) is 1.43. The van der Waals surface area contributed by atoms with Crippen LogP contribution in [0.25, 0.3) is 0 Å². The Labute approximate surface area is 112 Å². The molecule has 0 heterocycles. The number of thiocarbonyl (C=S) groups is 1. The van der Waals surface area contributed by atoms with Crippen molar-refractivity contribution in [3.05, 3.63) is 35.9 Å². The molecule has 18 heavy (non-hydrogen) atoms. The Kier molecular flexibility index (Phi) is 6.87. The first-order valence-corrected chi connectivity index (χ1v) is 6.38. The molecule has 1 aromatic carbocycles. The minimum absolute atomic E-state index is 0.0118. The van der Waals surface area contributed by atoms with Gasteiger partial charge in [0.05, 0.1) is 6.61 Å². The maximum absolute atomic E-state index is 11.7. The highest BCUT2D eigenvalue weighted by atomic mass is 32.1. The normalized spacial score (nSPS) is 9.78. The van der Waals surface area contributed by atoms with Crippen molar-refractivity contribution in [1.82, 2.24) is 0 Å². The Morgan fingerprint density at radius 1 is 1.17 bits per heavy atom. The molecule has 1 aromatic rings. The zero-order valence-electron chi connectivity index (χ0n) is 10.1. The summed E-state index contributed by atoms with van der Waals surface area (Å²) in [7, 11) is 0. The first kappa shape index (κ1) is 14.5. The maximum atomic E-state index is 11.7. The number of hydrogen-bond donors (Lipinski definition) is 0. The fraction of sp³-hybridized carbons (Fsp3) is 0.357. The fourth-order valence-corrected chi connectivity index (χ4v) is 1.59. The summed E-state index contributed by atoms with van der Waals surface area (Å²) >= 11 is 4.66. The highest BCUT2D eigenvalue weighted by Gasteiger charge is 2.07. The summed E-state index contributed by atoms with van der Waals surface area (Å²) in [6.07, 6.45) is 2.01. The second-order valence-electron chi connectivity index (χ2n) is 3.82. The van der Waals surface area contributed by atoms with Gasteiger partial charge >= 0.3 is 5.97 Å². The van der Waals surface area contributed by atoms with Gasteiger partial charge in [0.1, 0.15) is 0 Å². The van der Waals surface area contributed by atoms with Crippen molar-refractivity contribution in [2.75, 3.05) is 6.61 Å². The van der Waals surface area contributed by atoms with Crippen LogP contribution in [0.5, 0.6) is 0 Å². The second kappa shape index (κ2) is 8.53. The third-order valence-corrected chi connectivity index (χ3v) is 2.63. The number of benzene rings is 1. The molecular formula is C14H16O3S. The van der Waals surface area contributed by atoms with Crippen molar-refractivity contribution in [3.8, 4) is 0 Å². The van der Waals surface area contributed by atoms with Gasteiger partial charge in [-0.05, 0) is 18.2 Å². The minimum atomic E-state index is -0.271. The Morgan fingerprint density at radius 2 is 1.89 bits per heavy atom. The SMILES string of the molecule is O=C(CCCC=S)OCCC(=O)c1ccccc1. The van der Waals surface area contributed by atoms with Crippen LogP contribution in [0.2, 0.25) is 0 Å². The number of unbranched alkanes of at least 4 members (excludes halogenated alkanes) is 1. The predicted molar refractivity (Wildman–Crippen MR) is 73.9 cm³/mol. The molecule has 0 radical (unpaired) electrons. The van der Waals surface area contributed by atoms with Crippen molar-refractivity contribution >= 4 is 29.3 Å². The number of ether oxygens (including phenoxy) is 1. The summed E-state index contributed by atoms with van der Waals surface area (Å²) in [5, 5.41) is 1.60. The summed E-state index contributed by atoms with van der Waals surface area (Å²) in [6, 6.07) is 8.98. The third-order valence-electron chi connectivity index (χ3n) is 2.39. The molecule has 0 N–H and O–H groups in total. The molecule has 0 atom stereocenters. The quantitative estimate of drug-likeness (QED) is 0.313. The maximum Gasteiger partial charge on any atom is 0.305 e. The lowest BCUT2D eigenvalue weighted by atomic mass is 10.1. The molecule has 0 aromatic heterocycles. The van der Waals surface area contributed by atoms with E-state index >= 15 is 0 Å². The van der Waals surface area contributed by atoms with Gasteiger partial charge in [-0.15, -0.1) is 0 Å². The largest absolute Gasteiger partial charge is 0.465 e. The van der Waals surface area contributed by atoms with E-state index in [1.807, 2.05) is 18.2 Å². The monoisotopic (exact) mass is 264 g/mol. The standard InChI is InChI=1S/C14H16O3S/c15-13(12-6-2-1-3-7-12)9-10-17-14(16)8-4-5-11-18/h1-3,6-7,11H,4-5,8-10H2. The summed E-state index contributed by atoms with van der Waals surface area (Å²) in [5.74, 6) is -0.282. The topological polar surface area (TPSA) is 43.4 Å². The lowest BCUT2D eigenvalue weighted by molar-refractivity contribution is -0.143. The second-order valence-corrected chi connectivity index (χ2v) is 4.15. The number of carbonyl (C=O) groups excluding carboxylic acids is 2. The van der Waals surface area contributed by atoms with E-state index in [0.717, 1.165) is 6.42 Å². The van der Waals surface area contributed by atoms with E-state index in [-0.39, 0.29) is 24.8 Å². The average Bonchev–Trinajstić information content (AvgIpc) is 2.40. The number of rotatable bonds is 8. The van der Waals surface area contributed by atoms with E-state index in [1.54, 1.807) is 17.5 Å². The Hall–Kier alpha value is -1.55. The van der Waals surface area contributed by atoms with Gasteiger partial charge in [-0.25, -0.2) is 0 Å². The van der Waals surface area contributed by atoms with Crippen LogP contribution in [-0.4, -0.2) is 23.7 Å². The molecule has 3 nitrogen and oxygen atoms in total. The van der Waals surface area contributed by atoms with Crippen LogP contribution in [0.3, 0.4) is 0 Å². The van der Waals surface area contributed by atoms with Crippen molar-refractivity contribution < 1.29 is 14.3 Å². The number of hydrogen-bond acceptors (Lipinski definition) is 4. The van der Waals surface area contributed by atoms with E-state index in [0.29, 0.717) is 18.4 Å². The smallest absolute Gasteiger partial charge is 0.305 e. The van der Waals surface area contributed by atoms with Gasteiger partial charge in [-0.1, -0.05) is 42.5 Å². The average molecular weight is 264 g/mol. The molecule has 4 heteroatoms. The Balaban J connectivity index is 2.20. The van der Waals surface area contributed by atoms with Gasteiger partial charge in [0.15, 0.2) is 5.78 Å². The van der Waals surface area contributed by atoms with Gasteiger partial charge < -0.3 is 4.74 Å². The first-order chi connectivity index (χ1) is 8.74. The van der Waals surface area contributed by atoms with E-state index < -0.39 is 0 Å². The highest BCUT2D eigenvalue weighted by Crippen LogP contribution is 2.04. The van der Waals surface area contributed by atoms with Crippen LogP contribution in [0, 0.1) is 0 Å². The van der Waals surface area contributed by atoms with E-state index in [2.05, 4.69) is 12.2 Å². The van der Waals surface area contributed by atoms with E-state index in [4.69, 9.17) is 4.74 Å².